The van der Waals surface area contributed by atoms with Gasteiger partial charge in [-0.2, -0.15) is 0 Å². The van der Waals surface area contributed by atoms with Gasteiger partial charge >= 0.3 is 0 Å². The van der Waals surface area contributed by atoms with Gasteiger partial charge in [0, 0.05) is 50.0 Å². The standard InChI is InChI=1S/C16H21ClN4O2/c17-13-2-1-3-14(10-13)20-8-6-19(7-9-20)12-16(23)21-5-4-18-15(22)11-21/h1-3,10H,4-9,11-12H2,(H,18,22). The van der Waals surface area contributed by atoms with Crippen molar-refractivity contribution in [2.24, 2.45) is 0 Å². The Balaban J connectivity index is 1.49. The summed E-state index contributed by atoms with van der Waals surface area (Å²) in [5, 5.41) is 3.47. The number of rotatable bonds is 3. The first kappa shape index (κ1) is 16.1. The Bertz CT molecular complexity index is 587. The van der Waals surface area contributed by atoms with Gasteiger partial charge in [0.25, 0.3) is 0 Å². The molecule has 0 atom stereocenters. The topological polar surface area (TPSA) is 55.9 Å². The lowest BCUT2D eigenvalue weighted by atomic mass is 10.2. The van der Waals surface area contributed by atoms with Crippen molar-refractivity contribution in [1.82, 2.24) is 15.1 Å². The molecule has 1 aromatic carbocycles. The summed E-state index contributed by atoms with van der Waals surface area (Å²) in [5.74, 6) is -0.0357. The van der Waals surface area contributed by atoms with Crippen LogP contribution in [0.4, 0.5) is 5.69 Å². The maximum atomic E-state index is 12.3. The van der Waals surface area contributed by atoms with Crippen molar-refractivity contribution in [3.8, 4) is 0 Å². The van der Waals surface area contributed by atoms with Crippen LogP contribution in [-0.2, 0) is 9.59 Å². The highest BCUT2D eigenvalue weighted by molar-refractivity contribution is 6.30. The molecule has 0 aromatic heterocycles. The Hall–Kier alpha value is -1.79. The summed E-state index contributed by atoms with van der Waals surface area (Å²) in [4.78, 5) is 29.7. The first-order valence-electron chi connectivity index (χ1n) is 7.89. The Labute approximate surface area is 141 Å². The van der Waals surface area contributed by atoms with Crippen LogP contribution in [0.25, 0.3) is 0 Å². The minimum Gasteiger partial charge on any atom is -0.369 e. The van der Waals surface area contributed by atoms with Crippen molar-refractivity contribution in [3.05, 3.63) is 29.3 Å². The highest BCUT2D eigenvalue weighted by Gasteiger charge is 2.25. The molecule has 3 rings (SSSR count). The number of anilines is 1. The molecule has 6 nitrogen and oxygen atoms in total. The molecule has 0 spiro atoms. The average Bonchev–Trinajstić information content (AvgIpc) is 2.55. The van der Waals surface area contributed by atoms with Gasteiger partial charge in [-0.1, -0.05) is 17.7 Å². The fraction of sp³-hybridized carbons (Fsp3) is 0.500. The van der Waals surface area contributed by atoms with Crippen LogP contribution in [0.1, 0.15) is 0 Å². The summed E-state index contributed by atoms with van der Waals surface area (Å²) in [5.41, 5.74) is 1.12. The van der Waals surface area contributed by atoms with Gasteiger partial charge < -0.3 is 15.1 Å². The number of amides is 2. The SMILES string of the molecule is O=C1CN(C(=O)CN2CCN(c3cccc(Cl)c3)CC2)CCN1. The van der Waals surface area contributed by atoms with E-state index in [1.165, 1.54) is 0 Å². The van der Waals surface area contributed by atoms with E-state index in [0.717, 1.165) is 36.9 Å². The summed E-state index contributed by atoms with van der Waals surface area (Å²) >= 11 is 6.04. The summed E-state index contributed by atoms with van der Waals surface area (Å²) in [7, 11) is 0. The lowest BCUT2D eigenvalue weighted by Gasteiger charge is -2.37. The van der Waals surface area contributed by atoms with E-state index in [1.807, 2.05) is 18.2 Å². The molecule has 124 valence electrons. The fourth-order valence-corrected chi connectivity index (χ4v) is 3.16. The van der Waals surface area contributed by atoms with Gasteiger partial charge in [0.2, 0.25) is 11.8 Å². The summed E-state index contributed by atoms with van der Waals surface area (Å²) < 4.78 is 0. The van der Waals surface area contributed by atoms with Crippen molar-refractivity contribution in [1.29, 1.82) is 0 Å². The zero-order valence-electron chi connectivity index (χ0n) is 13.0. The third-order valence-corrected chi connectivity index (χ3v) is 4.53. The van der Waals surface area contributed by atoms with Crippen molar-refractivity contribution in [2.75, 3.05) is 57.3 Å². The van der Waals surface area contributed by atoms with E-state index in [9.17, 15) is 9.59 Å². The number of piperazine rings is 2. The Morgan fingerprint density at radius 3 is 2.65 bits per heavy atom. The normalized spacial score (nSPS) is 19.6. The van der Waals surface area contributed by atoms with Crippen LogP contribution in [0, 0.1) is 0 Å². The molecule has 1 N–H and O–H groups in total. The number of carbonyl (C=O) groups excluding carboxylic acids is 2. The first-order chi connectivity index (χ1) is 11.1. The molecule has 0 unspecified atom stereocenters. The molecular formula is C16H21ClN4O2. The number of hydrogen-bond acceptors (Lipinski definition) is 4. The van der Waals surface area contributed by atoms with E-state index in [0.29, 0.717) is 19.6 Å². The smallest absolute Gasteiger partial charge is 0.239 e. The highest BCUT2D eigenvalue weighted by atomic mass is 35.5. The third kappa shape index (κ3) is 4.14. The molecular weight excluding hydrogens is 316 g/mol. The molecule has 2 saturated heterocycles. The van der Waals surface area contributed by atoms with Crippen molar-refractivity contribution >= 4 is 29.1 Å². The van der Waals surface area contributed by atoms with E-state index in [1.54, 1.807) is 4.90 Å². The molecule has 0 saturated carbocycles. The lowest BCUT2D eigenvalue weighted by molar-refractivity contribution is -0.139. The molecule has 0 bridgehead atoms. The molecule has 2 heterocycles. The van der Waals surface area contributed by atoms with E-state index in [-0.39, 0.29) is 18.4 Å². The molecule has 0 aliphatic carbocycles. The molecule has 0 radical (unpaired) electrons. The first-order valence-corrected chi connectivity index (χ1v) is 8.27. The average molecular weight is 337 g/mol. The fourth-order valence-electron chi connectivity index (χ4n) is 2.98. The molecule has 1 aromatic rings. The monoisotopic (exact) mass is 336 g/mol. The van der Waals surface area contributed by atoms with E-state index in [4.69, 9.17) is 11.6 Å². The van der Waals surface area contributed by atoms with Crippen LogP contribution in [0.15, 0.2) is 24.3 Å². The number of nitrogens with one attached hydrogen (secondary N) is 1. The van der Waals surface area contributed by atoms with E-state index < -0.39 is 0 Å². The second-order valence-corrected chi connectivity index (χ2v) is 6.34. The van der Waals surface area contributed by atoms with Crippen LogP contribution in [0.2, 0.25) is 5.02 Å². The van der Waals surface area contributed by atoms with Crippen molar-refractivity contribution in [3.63, 3.8) is 0 Å². The summed E-state index contributed by atoms with van der Waals surface area (Å²) in [6, 6.07) is 7.84. The molecule has 23 heavy (non-hydrogen) atoms. The number of hydrogen-bond donors (Lipinski definition) is 1. The molecule has 2 fully saturated rings. The van der Waals surface area contributed by atoms with Gasteiger partial charge in [0.05, 0.1) is 13.1 Å². The zero-order chi connectivity index (χ0) is 16.2. The van der Waals surface area contributed by atoms with Gasteiger partial charge in [0.15, 0.2) is 0 Å². The number of halogens is 1. The number of carbonyl (C=O) groups is 2. The predicted octanol–water partition coefficient (Wildman–Crippen LogP) is 0.420. The number of nitrogens with zero attached hydrogens (tertiary/aromatic N) is 3. The minimum absolute atomic E-state index is 0.0380. The Morgan fingerprint density at radius 2 is 1.96 bits per heavy atom. The van der Waals surface area contributed by atoms with E-state index >= 15 is 0 Å². The van der Waals surface area contributed by atoms with Gasteiger partial charge in [-0.05, 0) is 18.2 Å². The minimum atomic E-state index is -0.0737. The summed E-state index contributed by atoms with van der Waals surface area (Å²) in [6.07, 6.45) is 0. The van der Waals surface area contributed by atoms with Crippen LogP contribution in [0.5, 0.6) is 0 Å². The van der Waals surface area contributed by atoms with Crippen LogP contribution in [0.3, 0.4) is 0 Å². The zero-order valence-corrected chi connectivity index (χ0v) is 13.8. The Morgan fingerprint density at radius 1 is 1.17 bits per heavy atom. The van der Waals surface area contributed by atoms with Gasteiger partial charge in [-0.15, -0.1) is 0 Å². The molecule has 2 amide bonds. The highest BCUT2D eigenvalue weighted by Crippen LogP contribution is 2.20. The van der Waals surface area contributed by atoms with Gasteiger partial charge in [0.1, 0.15) is 0 Å². The maximum absolute atomic E-state index is 12.3. The predicted molar refractivity (Wildman–Crippen MR) is 89.7 cm³/mol. The lowest BCUT2D eigenvalue weighted by Crippen LogP contribution is -2.54. The molecule has 2 aliphatic rings. The number of benzene rings is 1. The summed E-state index contributed by atoms with van der Waals surface area (Å²) in [6.45, 7) is 5.12. The molecule has 7 heteroatoms. The molecule has 2 aliphatic heterocycles. The Kier molecular flexibility index (Phi) is 5.03. The van der Waals surface area contributed by atoms with Crippen LogP contribution < -0.4 is 10.2 Å². The quantitative estimate of drug-likeness (QED) is 0.869. The maximum Gasteiger partial charge on any atom is 0.239 e. The van der Waals surface area contributed by atoms with Crippen molar-refractivity contribution in [2.45, 2.75) is 0 Å². The van der Waals surface area contributed by atoms with Crippen LogP contribution in [-0.4, -0.2) is 74.0 Å². The van der Waals surface area contributed by atoms with Gasteiger partial charge in [-0.25, -0.2) is 0 Å². The van der Waals surface area contributed by atoms with Crippen LogP contribution >= 0.6 is 11.6 Å². The largest absolute Gasteiger partial charge is 0.369 e. The van der Waals surface area contributed by atoms with Crippen molar-refractivity contribution < 1.29 is 9.59 Å². The van der Waals surface area contributed by atoms with E-state index in [2.05, 4.69) is 21.2 Å². The second kappa shape index (κ2) is 7.19. The second-order valence-electron chi connectivity index (χ2n) is 5.91. The van der Waals surface area contributed by atoms with Gasteiger partial charge in [-0.3, -0.25) is 14.5 Å². The third-order valence-electron chi connectivity index (χ3n) is 4.30.